The Morgan fingerprint density at radius 2 is 1.80 bits per heavy atom. The second-order valence-corrected chi connectivity index (χ2v) is 9.57. The van der Waals surface area contributed by atoms with E-state index in [1.54, 1.807) is 23.9 Å². The number of hydrogen-bond donors (Lipinski definition) is 2. The monoisotopic (exact) mass is 471 g/mol. The van der Waals surface area contributed by atoms with Crippen molar-refractivity contribution in [3.63, 3.8) is 0 Å². The highest BCUT2D eigenvalue weighted by Gasteiger charge is 2.29. The molecule has 180 valence electrons. The van der Waals surface area contributed by atoms with Gasteiger partial charge in [0.1, 0.15) is 6.04 Å². The first-order valence-electron chi connectivity index (χ1n) is 12.2. The van der Waals surface area contributed by atoms with Gasteiger partial charge in [0, 0.05) is 29.4 Å². The van der Waals surface area contributed by atoms with Crippen LogP contribution in [0.1, 0.15) is 91.6 Å². The molecule has 2 saturated carbocycles. The van der Waals surface area contributed by atoms with Gasteiger partial charge < -0.3 is 10.4 Å². The number of hydrogen-bond acceptors (Lipinski definition) is 5. The van der Waals surface area contributed by atoms with Gasteiger partial charge in [0.2, 0.25) is 0 Å². The number of amides is 1. The number of nitrogens with zero attached hydrogens (tertiary/aromatic N) is 4. The van der Waals surface area contributed by atoms with Gasteiger partial charge in [0.25, 0.3) is 5.91 Å². The molecule has 1 amide bonds. The van der Waals surface area contributed by atoms with E-state index >= 15 is 0 Å². The molecule has 2 N–H and O–H groups in total. The Labute approximate surface area is 204 Å². The molecule has 2 aliphatic rings. The van der Waals surface area contributed by atoms with Crippen LogP contribution < -0.4 is 5.32 Å². The van der Waals surface area contributed by atoms with Crippen molar-refractivity contribution < 1.29 is 14.7 Å². The van der Waals surface area contributed by atoms with E-state index in [2.05, 4.69) is 32.2 Å². The summed E-state index contributed by atoms with van der Waals surface area (Å²) in [5, 5.41) is 17.8. The predicted molar refractivity (Wildman–Crippen MR) is 131 cm³/mol. The van der Waals surface area contributed by atoms with E-state index < -0.39 is 5.97 Å². The molecule has 2 aliphatic carbocycles. The van der Waals surface area contributed by atoms with Gasteiger partial charge in [0.05, 0.1) is 23.2 Å². The third kappa shape index (κ3) is 4.63. The van der Waals surface area contributed by atoms with Gasteiger partial charge in [-0.25, -0.2) is 9.97 Å². The van der Waals surface area contributed by atoms with Crippen molar-refractivity contribution in [3.8, 4) is 11.8 Å². The van der Waals surface area contributed by atoms with Crippen LogP contribution in [0, 0.1) is 17.8 Å². The van der Waals surface area contributed by atoms with E-state index in [0.717, 1.165) is 10.9 Å². The average molecular weight is 472 g/mol. The Hall–Kier alpha value is -3.73. The van der Waals surface area contributed by atoms with Crippen LogP contribution in [0.15, 0.2) is 30.7 Å². The third-order valence-corrected chi connectivity index (χ3v) is 7.15. The van der Waals surface area contributed by atoms with Gasteiger partial charge in [-0.05, 0) is 76.0 Å². The molecule has 0 saturated heterocycles. The van der Waals surface area contributed by atoms with Crippen molar-refractivity contribution in [3.05, 3.63) is 53.2 Å². The molecule has 1 atom stereocenters. The average Bonchev–Trinajstić information content (AvgIpc) is 3.62. The first-order valence-corrected chi connectivity index (χ1v) is 12.2. The summed E-state index contributed by atoms with van der Waals surface area (Å²) in [4.78, 5) is 33.9. The van der Waals surface area contributed by atoms with Gasteiger partial charge in [-0.15, -0.1) is 5.92 Å². The number of fused-ring (bicyclic) bond motifs is 1. The van der Waals surface area contributed by atoms with E-state index in [1.807, 2.05) is 25.4 Å². The quantitative estimate of drug-likeness (QED) is 0.525. The highest BCUT2D eigenvalue weighted by molar-refractivity contribution is 6.07. The summed E-state index contributed by atoms with van der Waals surface area (Å²) >= 11 is 0. The summed E-state index contributed by atoms with van der Waals surface area (Å²) in [5.74, 6) is 6.00. The summed E-state index contributed by atoms with van der Waals surface area (Å²) < 4.78 is 1.80. The number of rotatable bonds is 6. The van der Waals surface area contributed by atoms with Gasteiger partial charge in [-0.2, -0.15) is 5.10 Å². The normalized spacial score (nSPS) is 20.6. The van der Waals surface area contributed by atoms with Gasteiger partial charge >= 0.3 is 5.97 Å². The summed E-state index contributed by atoms with van der Waals surface area (Å²) in [6.07, 6.45) is 10.4. The molecule has 0 radical (unpaired) electrons. The maximum absolute atomic E-state index is 13.4. The third-order valence-electron chi connectivity index (χ3n) is 7.15. The van der Waals surface area contributed by atoms with Crippen LogP contribution in [0.3, 0.4) is 0 Å². The number of aromatic nitrogens is 4. The predicted octanol–water partition coefficient (Wildman–Crippen LogP) is 4.06. The molecular formula is C27H29N5O3. The molecule has 8 nitrogen and oxygen atoms in total. The van der Waals surface area contributed by atoms with Crippen molar-refractivity contribution in [2.24, 2.45) is 5.92 Å². The Morgan fingerprint density at radius 1 is 1.09 bits per heavy atom. The van der Waals surface area contributed by atoms with E-state index in [1.165, 1.54) is 18.4 Å². The van der Waals surface area contributed by atoms with Crippen LogP contribution in [-0.4, -0.2) is 42.8 Å². The maximum Gasteiger partial charge on any atom is 0.306 e. The number of nitrogens with one attached hydrogen (secondary N) is 1. The fourth-order valence-corrected chi connectivity index (χ4v) is 4.93. The minimum atomic E-state index is -0.755. The maximum atomic E-state index is 13.4. The largest absolute Gasteiger partial charge is 0.481 e. The van der Waals surface area contributed by atoms with Crippen LogP contribution in [0.2, 0.25) is 0 Å². The molecule has 0 aliphatic heterocycles. The van der Waals surface area contributed by atoms with E-state index in [9.17, 15) is 14.7 Å². The molecule has 0 bridgehead atoms. The molecule has 8 heteroatoms. The minimum Gasteiger partial charge on any atom is -0.481 e. The number of aliphatic carboxylic acids is 1. The second-order valence-electron chi connectivity index (χ2n) is 9.57. The molecule has 2 fully saturated rings. The summed E-state index contributed by atoms with van der Waals surface area (Å²) in [6.45, 7) is 3.76. The highest BCUT2D eigenvalue weighted by atomic mass is 16.4. The SMILES string of the molecule is CC#Cc1ccc(C(=O)NC2CCC(C(=O)O)CC2)c2c1cnn2[C@@H](C)c1ncc(C2CC2)cn1. The molecule has 3 aromatic rings. The summed E-state index contributed by atoms with van der Waals surface area (Å²) in [7, 11) is 0. The molecule has 0 spiro atoms. The second kappa shape index (κ2) is 9.49. The number of carbonyl (C=O) groups is 2. The molecule has 35 heavy (non-hydrogen) atoms. The molecular weight excluding hydrogens is 442 g/mol. The van der Waals surface area contributed by atoms with Crippen molar-refractivity contribution in [2.45, 2.75) is 70.4 Å². The minimum absolute atomic E-state index is 0.0460. The zero-order chi connectivity index (χ0) is 24.5. The first-order chi connectivity index (χ1) is 17.0. The fourth-order valence-electron chi connectivity index (χ4n) is 4.93. The molecule has 5 rings (SSSR count). The standard InChI is InChI=1S/C27H29N5O3/c1-3-4-18-9-12-22(26(33)31-21-10-7-19(8-11-21)27(34)35)24-23(18)15-30-32(24)16(2)25-28-13-20(14-29-25)17-5-6-17/h9,12-17,19,21H,5-8,10-11H2,1-2H3,(H,31,33)(H,34,35)/t16-,19?,21?/m0/s1. The Kier molecular flexibility index (Phi) is 6.25. The van der Waals surface area contributed by atoms with Crippen LogP contribution >= 0.6 is 0 Å². The first kappa shape index (κ1) is 23.0. The van der Waals surface area contributed by atoms with E-state index in [-0.39, 0.29) is 23.9 Å². The molecule has 1 aromatic carbocycles. The number of carbonyl (C=O) groups excluding carboxylic acids is 1. The van der Waals surface area contributed by atoms with Crippen LogP contribution in [0.5, 0.6) is 0 Å². The zero-order valence-corrected chi connectivity index (χ0v) is 20.0. The fraction of sp³-hybridized carbons (Fsp3) is 0.444. The highest BCUT2D eigenvalue weighted by Crippen LogP contribution is 2.39. The number of carboxylic acids is 1. The summed E-state index contributed by atoms with van der Waals surface area (Å²) in [5.41, 5.74) is 3.19. The van der Waals surface area contributed by atoms with Crippen molar-refractivity contribution in [1.29, 1.82) is 0 Å². The lowest BCUT2D eigenvalue weighted by Crippen LogP contribution is -2.39. The Bertz CT molecular complexity index is 1320. The van der Waals surface area contributed by atoms with Gasteiger partial charge in [-0.1, -0.05) is 5.92 Å². The lowest BCUT2D eigenvalue weighted by atomic mass is 9.86. The van der Waals surface area contributed by atoms with Crippen molar-refractivity contribution >= 4 is 22.8 Å². The van der Waals surface area contributed by atoms with Crippen LogP contribution in [0.25, 0.3) is 10.9 Å². The van der Waals surface area contributed by atoms with Crippen LogP contribution in [0.4, 0.5) is 0 Å². The smallest absolute Gasteiger partial charge is 0.306 e. The summed E-state index contributed by atoms with van der Waals surface area (Å²) in [6, 6.07) is 3.33. The van der Waals surface area contributed by atoms with Gasteiger partial charge in [0.15, 0.2) is 5.82 Å². The van der Waals surface area contributed by atoms with Crippen molar-refractivity contribution in [2.75, 3.05) is 0 Å². The lowest BCUT2D eigenvalue weighted by molar-refractivity contribution is -0.142. The number of benzene rings is 1. The van der Waals surface area contributed by atoms with E-state index in [0.29, 0.717) is 48.5 Å². The zero-order valence-electron chi connectivity index (χ0n) is 20.0. The topological polar surface area (TPSA) is 110 Å². The number of carboxylic acid groups (broad SMARTS) is 1. The van der Waals surface area contributed by atoms with Crippen molar-refractivity contribution in [1.82, 2.24) is 25.1 Å². The molecule has 0 unspecified atom stereocenters. The van der Waals surface area contributed by atoms with E-state index in [4.69, 9.17) is 0 Å². The van der Waals surface area contributed by atoms with Crippen LogP contribution in [-0.2, 0) is 4.79 Å². The Balaban J connectivity index is 1.46. The molecule has 2 heterocycles. The lowest BCUT2D eigenvalue weighted by Gasteiger charge is -2.27. The molecule has 2 aromatic heterocycles. The van der Waals surface area contributed by atoms with Gasteiger partial charge in [-0.3, -0.25) is 14.3 Å². The Morgan fingerprint density at radius 3 is 2.43 bits per heavy atom.